The average Bonchev–Trinajstić information content (AvgIpc) is 2.44. The van der Waals surface area contributed by atoms with E-state index in [1.54, 1.807) is 11.0 Å². The molecule has 1 aliphatic heterocycles. The average molecular weight is 286 g/mol. The summed E-state index contributed by atoms with van der Waals surface area (Å²) in [6.45, 7) is 5.50. The van der Waals surface area contributed by atoms with Crippen molar-refractivity contribution < 1.29 is 9.53 Å². The molecule has 1 fully saturated rings. The van der Waals surface area contributed by atoms with E-state index >= 15 is 0 Å². The van der Waals surface area contributed by atoms with Gasteiger partial charge in [-0.3, -0.25) is 9.59 Å². The van der Waals surface area contributed by atoms with Crippen LogP contribution in [0.1, 0.15) is 24.2 Å². The van der Waals surface area contributed by atoms with E-state index in [0.29, 0.717) is 30.8 Å². The van der Waals surface area contributed by atoms with Gasteiger partial charge in [-0.05, 0) is 19.9 Å². The van der Waals surface area contributed by atoms with Crippen molar-refractivity contribution in [3.63, 3.8) is 0 Å². The summed E-state index contributed by atoms with van der Waals surface area (Å²) in [5, 5.41) is 0.770. The second kappa shape index (κ2) is 5.00. The maximum Gasteiger partial charge on any atom is 0.254 e. The maximum atomic E-state index is 12.8. The minimum Gasteiger partial charge on any atom is -0.372 e. The van der Waals surface area contributed by atoms with Crippen LogP contribution in [-0.2, 0) is 4.74 Å². The molecule has 1 aromatic carbocycles. The van der Waals surface area contributed by atoms with E-state index in [9.17, 15) is 9.59 Å². The third kappa shape index (κ3) is 2.69. The summed E-state index contributed by atoms with van der Waals surface area (Å²) in [5.74, 6) is -0.117. The standard InChI is InChI=1S/C16H18N2O3/c1-16(2)10-18(7-8-21-16)15(20)12-9-14(19)17-13-6-4-3-5-11(12)13/h3-6,9H,7-8,10H2,1-2H3,(H,17,19). The number of aromatic nitrogens is 1. The van der Waals surface area contributed by atoms with Gasteiger partial charge in [0.15, 0.2) is 0 Å². The number of rotatable bonds is 1. The first kappa shape index (κ1) is 13.8. The van der Waals surface area contributed by atoms with Crippen LogP contribution in [0.15, 0.2) is 35.1 Å². The molecule has 0 radical (unpaired) electrons. The number of fused-ring (bicyclic) bond motifs is 1. The fourth-order valence-corrected chi connectivity index (χ4v) is 2.74. The number of nitrogens with zero attached hydrogens (tertiary/aromatic N) is 1. The van der Waals surface area contributed by atoms with Gasteiger partial charge in [0.1, 0.15) is 0 Å². The van der Waals surface area contributed by atoms with Gasteiger partial charge in [-0.15, -0.1) is 0 Å². The lowest BCUT2D eigenvalue weighted by Crippen LogP contribution is -2.50. The van der Waals surface area contributed by atoms with Crippen LogP contribution in [-0.4, -0.2) is 41.1 Å². The number of amides is 1. The SMILES string of the molecule is CC1(C)CN(C(=O)c2cc(=O)[nH]c3ccccc23)CCO1. The summed E-state index contributed by atoms with van der Waals surface area (Å²) in [7, 11) is 0. The van der Waals surface area contributed by atoms with Gasteiger partial charge in [-0.2, -0.15) is 0 Å². The zero-order valence-corrected chi connectivity index (χ0v) is 12.2. The molecule has 5 nitrogen and oxygen atoms in total. The highest BCUT2D eigenvalue weighted by atomic mass is 16.5. The largest absolute Gasteiger partial charge is 0.372 e. The highest BCUT2D eigenvalue weighted by Crippen LogP contribution is 2.21. The van der Waals surface area contributed by atoms with Crippen molar-refractivity contribution in [2.75, 3.05) is 19.7 Å². The van der Waals surface area contributed by atoms with E-state index < -0.39 is 0 Å². The summed E-state index contributed by atoms with van der Waals surface area (Å²) in [6, 6.07) is 8.74. The first-order chi connectivity index (χ1) is 9.96. The number of aromatic amines is 1. The van der Waals surface area contributed by atoms with E-state index in [1.165, 1.54) is 6.07 Å². The molecule has 2 heterocycles. The van der Waals surface area contributed by atoms with Gasteiger partial charge >= 0.3 is 0 Å². The third-order valence-electron chi connectivity index (χ3n) is 3.69. The number of benzene rings is 1. The highest BCUT2D eigenvalue weighted by Gasteiger charge is 2.31. The van der Waals surface area contributed by atoms with Crippen LogP contribution < -0.4 is 5.56 Å². The summed E-state index contributed by atoms with van der Waals surface area (Å²) < 4.78 is 5.63. The number of morpholine rings is 1. The molecule has 0 atom stereocenters. The van der Waals surface area contributed by atoms with Gasteiger partial charge in [0, 0.05) is 30.1 Å². The Labute approximate surface area is 122 Å². The van der Waals surface area contributed by atoms with Crippen molar-refractivity contribution in [1.29, 1.82) is 0 Å². The predicted octanol–water partition coefficient (Wildman–Crippen LogP) is 1.78. The molecule has 0 aliphatic carbocycles. The van der Waals surface area contributed by atoms with Crippen molar-refractivity contribution in [3.8, 4) is 0 Å². The molecule has 110 valence electrons. The smallest absolute Gasteiger partial charge is 0.254 e. The molecule has 1 aromatic heterocycles. The number of carbonyl (C=O) groups excluding carboxylic acids is 1. The molecule has 3 rings (SSSR count). The van der Waals surface area contributed by atoms with Crippen molar-refractivity contribution in [3.05, 3.63) is 46.2 Å². The Hall–Kier alpha value is -2.14. The van der Waals surface area contributed by atoms with Crippen molar-refractivity contribution in [2.24, 2.45) is 0 Å². The molecule has 1 saturated heterocycles. The van der Waals surface area contributed by atoms with Crippen LogP contribution in [0, 0.1) is 0 Å². The second-order valence-electron chi connectivity index (χ2n) is 5.93. The molecule has 0 spiro atoms. The second-order valence-corrected chi connectivity index (χ2v) is 5.93. The Bertz CT molecular complexity index is 749. The number of para-hydroxylation sites is 1. The summed E-state index contributed by atoms with van der Waals surface area (Å²) in [4.78, 5) is 29.0. The minimum absolute atomic E-state index is 0.117. The van der Waals surface area contributed by atoms with Gasteiger partial charge in [0.2, 0.25) is 5.56 Å². The molecular weight excluding hydrogens is 268 g/mol. The quantitative estimate of drug-likeness (QED) is 0.869. The topological polar surface area (TPSA) is 62.4 Å². The van der Waals surface area contributed by atoms with Crippen LogP contribution in [0.2, 0.25) is 0 Å². The van der Waals surface area contributed by atoms with E-state index in [2.05, 4.69) is 4.98 Å². The van der Waals surface area contributed by atoms with E-state index in [0.717, 1.165) is 5.39 Å². The van der Waals surface area contributed by atoms with E-state index in [-0.39, 0.29) is 17.1 Å². The van der Waals surface area contributed by atoms with Gasteiger partial charge in [-0.1, -0.05) is 18.2 Å². The van der Waals surface area contributed by atoms with Gasteiger partial charge < -0.3 is 14.6 Å². The van der Waals surface area contributed by atoms with Crippen LogP contribution >= 0.6 is 0 Å². The molecule has 1 aliphatic rings. The van der Waals surface area contributed by atoms with Crippen LogP contribution in [0.4, 0.5) is 0 Å². The Morgan fingerprint density at radius 1 is 1.33 bits per heavy atom. The van der Waals surface area contributed by atoms with Crippen LogP contribution in [0.3, 0.4) is 0 Å². The molecular formula is C16H18N2O3. The van der Waals surface area contributed by atoms with E-state index in [4.69, 9.17) is 4.74 Å². The summed E-state index contributed by atoms with van der Waals surface area (Å²) in [6.07, 6.45) is 0. The van der Waals surface area contributed by atoms with Gasteiger partial charge in [0.05, 0.1) is 17.8 Å². The third-order valence-corrected chi connectivity index (χ3v) is 3.69. The Kier molecular flexibility index (Phi) is 3.29. The number of H-pyrrole nitrogens is 1. The Morgan fingerprint density at radius 2 is 2.10 bits per heavy atom. The highest BCUT2D eigenvalue weighted by molar-refractivity contribution is 6.06. The Morgan fingerprint density at radius 3 is 2.86 bits per heavy atom. The van der Waals surface area contributed by atoms with Crippen LogP contribution in [0.25, 0.3) is 10.9 Å². The van der Waals surface area contributed by atoms with Crippen molar-refractivity contribution >= 4 is 16.8 Å². The monoisotopic (exact) mass is 286 g/mol. The van der Waals surface area contributed by atoms with Gasteiger partial charge in [0.25, 0.3) is 5.91 Å². The number of hydrogen-bond acceptors (Lipinski definition) is 3. The first-order valence-electron chi connectivity index (χ1n) is 7.02. The lowest BCUT2D eigenvalue weighted by atomic mass is 10.0. The lowest BCUT2D eigenvalue weighted by Gasteiger charge is -2.38. The van der Waals surface area contributed by atoms with Crippen LogP contribution in [0.5, 0.6) is 0 Å². The summed E-state index contributed by atoms with van der Waals surface area (Å²) >= 11 is 0. The molecule has 0 unspecified atom stereocenters. The van der Waals surface area contributed by atoms with E-state index in [1.807, 2.05) is 32.0 Å². The fourth-order valence-electron chi connectivity index (χ4n) is 2.74. The maximum absolute atomic E-state index is 12.8. The molecule has 0 bridgehead atoms. The zero-order valence-electron chi connectivity index (χ0n) is 12.2. The summed E-state index contributed by atoms with van der Waals surface area (Å²) in [5.41, 5.74) is 0.516. The number of ether oxygens (including phenoxy) is 1. The zero-order chi connectivity index (χ0) is 15.0. The molecule has 5 heteroatoms. The molecule has 1 N–H and O–H groups in total. The predicted molar refractivity (Wildman–Crippen MR) is 80.5 cm³/mol. The normalized spacial score (nSPS) is 17.9. The molecule has 21 heavy (non-hydrogen) atoms. The fraction of sp³-hybridized carbons (Fsp3) is 0.375. The lowest BCUT2D eigenvalue weighted by molar-refractivity contribution is -0.0763. The molecule has 1 amide bonds. The van der Waals surface area contributed by atoms with Crippen molar-refractivity contribution in [1.82, 2.24) is 9.88 Å². The first-order valence-corrected chi connectivity index (χ1v) is 7.02. The number of pyridine rings is 1. The number of carbonyl (C=O) groups is 1. The molecule has 0 saturated carbocycles. The van der Waals surface area contributed by atoms with Gasteiger partial charge in [-0.25, -0.2) is 0 Å². The minimum atomic E-state index is -0.356. The molecule has 2 aromatic rings. The number of nitrogens with one attached hydrogen (secondary N) is 1. The van der Waals surface area contributed by atoms with Crippen molar-refractivity contribution in [2.45, 2.75) is 19.4 Å². The number of hydrogen-bond donors (Lipinski definition) is 1. The Balaban J connectivity index is 2.04.